The molecule has 4 fully saturated rings. The highest BCUT2D eigenvalue weighted by molar-refractivity contribution is 5.85. The predicted octanol–water partition coefficient (Wildman–Crippen LogP) is 16.8. The van der Waals surface area contributed by atoms with Gasteiger partial charge in [-0.2, -0.15) is 0 Å². The molecule has 12 heteroatoms. The Hall–Kier alpha value is -5.52. The van der Waals surface area contributed by atoms with Gasteiger partial charge in [-0.3, -0.25) is 19.2 Å². The second-order valence-corrected chi connectivity index (χ2v) is 25.0. The van der Waals surface area contributed by atoms with Crippen LogP contribution in [-0.2, 0) is 38.1 Å². The molecule has 80 heavy (non-hydrogen) atoms. The zero-order chi connectivity index (χ0) is 54.6. The van der Waals surface area contributed by atoms with Crippen molar-refractivity contribution in [3.8, 4) is 0 Å². The normalized spacial score (nSPS) is 28.6. The summed E-state index contributed by atoms with van der Waals surface area (Å²) in [5.74, 6) is -0.931. The van der Waals surface area contributed by atoms with Crippen molar-refractivity contribution in [2.24, 2.45) is 0 Å². The first-order valence-corrected chi connectivity index (χ1v) is 32.3. The van der Waals surface area contributed by atoms with Crippen molar-refractivity contribution in [2.45, 2.75) is 279 Å². The van der Waals surface area contributed by atoms with E-state index in [2.05, 4.69) is 58.5 Å². The Morgan fingerprint density at radius 3 is 0.738 bits per heavy atom. The Bertz CT molecular complexity index is 2520. The van der Waals surface area contributed by atoms with E-state index in [-0.39, 0.29) is 72.0 Å². The number of H-pyrrole nitrogens is 2. The molecule has 2 N–H and O–H groups in total. The highest BCUT2D eigenvalue weighted by Crippen LogP contribution is 2.46. The van der Waals surface area contributed by atoms with E-state index < -0.39 is 0 Å². The minimum atomic E-state index is -0.309. The molecule has 0 radical (unpaired) electrons. The third kappa shape index (κ3) is 13.7. The third-order valence-corrected chi connectivity index (χ3v) is 19.4. The topological polar surface area (TPSA) is 163 Å². The summed E-state index contributed by atoms with van der Waals surface area (Å²) < 4.78 is 26.5. The van der Waals surface area contributed by atoms with Crippen molar-refractivity contribution in [2.75, 3.05) is 0 Å². The molecule has 12 nitrogen and oxygen atoms in total. The second kappa shape index (κ2) is 27.5. The number of carbonyl (C=O) groups is 4. The lowest BCUT2D eigenvalue weighted by Crippen LogP contribution is -2.30. The lowest BCUT2D eigenvalue weighted by Gasteiger charge is -2.33. The third-order valence-electron chi connectivity index (χ3n) is 19.4. The maximum absolute atomic E-state index is 13.9. The fraction of sp³-hybridized carbons (Fsp3) is 0.647. The van der Waals surface area contributed by atoms with E-state index in [1.807, 2.05) is 0 Å². The van der Waals surface area contributed by atoms with Crippen molar-refractivity contribution in [3.05, 3.63) is 69.3 Å². The molecule has 7 heterocycles. The van der Waals surface area contributed by atoms with Crippen molar-refractivity contribution < 1.29 is 38.1 Å². The van der Waals surface area contributed by atoms with Gasteiger partial charge in [-0.15, -0.1) is 0 Å². The van der Waals surface area contributed by atoms with Gasteiger partial charge in [0.25, 0.3) is 0 Å². The highest BCUT2D eigenvalue weighted by atomic mass is 16.6. The van der Waals surface area contributed by atoms with Crippen molar-refractivity contribution in [1.82, 2.24) is 19.9 Å². The van der Waals surface area contributed by atoms with Crippen LogP contribution in [0.1, 0.15) is 300 Å². The average Bonchev–Trinajstić information content (AvgIpc) is 4.40. The Balaban J connectivity index is 1.15. The highest BCUT2D eigenvalue weighted by Gasteiger charge is 2.39. The first kappa shape index (κ1) is 56.3. The number of aromatic amines is 2. The molecular formula is C68H90N4O8. The largest absolute Gasteiger partial charge is 0.462 e. The minimum Gasteiger partial charge on any atom is -0.462 e. The van der Waals surface area contributed by atoms with Crippen molar-refractivity contribution in [1.29, 1.82) is 0 Å². The summed E-state index contributed by atoms with van der Waals surface area (Å²) in [4.78, 5) is 75.1. The lowest BCUT2D eigenvalue weighted by molar-refractivity contribution is -0.152. The smallest absolute Gasteiger partial charge is 0.306 e. The minimum absolute atomic E-state index is 0.116. The van der Waals surface area contributed by atoms with Gasteiger partial charge in [-0.05, 0) is 151 Å². The molecule has 4 aliphatic heterocycles. The average molecular weight is 1090 g/mol. The van der Waals surface area contributed by atoms with Crippen LogP contribution in [0.3, 0.4) is 0 Å². The Kier molecular flexibility index (Phi) is 19.4. The number of aromatic nitrogens is 4. The Labute approximate surface area is 474 Å². The van der Waals surface area contributed by atoms with Crippen molar-refractivity contribution in [3.63, 3.8) is 0 Å². The predicted molar refractivity (Wildman–Crippen MR) is 316 cm³/mol. The molecule has 0 aromatic carbocycles. The first-order valence-electron chi connectivity index (χ1n) is 32.3. The van der Waals surface area contributed by atoms with Crippen LogP contribution in [0, 0.1) is 0 Å². The van der Waals surface area contributed by atoms with Gasteiger partial charge in [0, 0.05) is 93.7 Å². The molecule has 430 valence electrons. The van der Waals surface area contributed by atoms with Crippen LogP contribution < -0.4 is 0 Å². The maximum Gasteiger partial charge on any atom is 0.306 e. The van der Waals surface area contributed by atoms with Gasteiger partial charge in [0.15, 0.2) is 0 Å². The van der Waals surface area contributed by atoms with E-state index in [1.165, 1.54) is 0 Å². The summed E-state index contributed by atoms with van der Waals surface area (Å²) in [5, 5.41) is 0. The molecule has 0 saturated heterocycles. The standard InChI is InChI=1S/C68H90N4O8/c73-61-33-13-9-5-1-2-6-10-14-34-62(74)78-58-30-22-18-26-46(58)66-50-38-37-49(69-50)65(45-25-17-21-29-57(45)77-61)53-41-42-55(71-53)67-47-27-19-23-31-59(47)79-63(75)35-15-11-7-3-4-8-12-16-36-64(76)80-60-32-24-20-28-48(60)68(52-40-39-51(67)70-52)56-44-43-54(66)72-56/h37-48,57-60,71-72H,1-36H2/t45-,46-,47-,48-,57-,58-,59-,60-/m1/s1. The van der Waals surface area contributed by atoms with Gasteiger partial charge >= 0.3 is 23.9 Å². The van der Waals surface area contributed by atoms with Crippen LogP contribution >= 0.6 is 0 Å². The van der Waals surface area contributed by atoms with Crippen LogP contribution in [0.2, 0.25) is 0 Å². The number of nitrogens with zero attached hydrogens (tertiary/aromatic N) is 2. The number of hydrogen-bond acceptors (Lipinski definition) is 10. The fourth-order valence-electron chi connectivity index (χ4n) is 15.2. The summed E-state index contributed by atoms with van der Waals surface area (Å²) in [6, 6.07) is 8.77. The summed E-state index contributed by atoms with van der Waals surface area (Å²) >= 11 is 0. The zero-order valence-corrected chi connectivity index (χ0v) is 47.9. The van der Waals surface area contributed by atoms with Gasteiger partial charge in [0.05, 0.1) is 22.8 Å². The fourth-order valence-corrected chi connectivity index (χ4v) is 15.2. The van der Waals surface area contributed by atoms with Crippen LogP contribution in [0.5, 0.6) is 0 Å². The molecule has 8 atom stereocenters. The number of rotatable bonds is 0. The van der Waals surface area contributed by atoms with Gasteiger partial charge in [-0.1, -0.05) is 103 Å². The lowest BCUT2D eigenvalue weighted by atomic mass is 9.80. The van der Waals surface area contributed by atoms with Crippen LogP contribution in [0.25, 0.3) is 46.4 Å². The summed E-state index contributed by atoms with van der Waals surface area (Å²) in [6.45, 7) is 0. The van der Waals surface area contributed by atoms with E-state index in [4.69, 9.17) is 28.9 Å². The van der Waals surface area contributed by atoms with Gasteiger partial charge in [-0.25, -0.2) is 9.97 Å². The quantitative estimate of drug-likeness (QED) is 0.113. The SMILES string of the molecule is O=C1CCCCCCCCCCC(=O)O[C@@H]2CCCC[C@H]2c2c3nc(c(c4ccc([nH]4)c4c5nc(c(c6ccc2[nH]6)[C@@H]2CCCC[C@H]2OC(=O)CCCCCCCCCCC(=O)O[C@@H]2CCCC[C@@H]42)C=C5)[C@@H]2CCCC[C@H]2O1)C=C3. The summed E-state index contributed by atoms with van der Waals surface area (Å²) in [5.41, 5.74) is 11.2. The zero-order valence-electron chi connectivity index (χ0n) is 47.9. The number of esters is 4. The van der Waals surface area contributed by atoms with E-state index >= 15 is 0 Å². The molecule has 0 spiro atoms. The summed E-state index contributed by atoms with van der Waals surface area (Å²) in [7, 11) is 0. The molecule has 3 aromatic rings. The maximum atomic E-state index is 13.9. The van der Waals surface area contributed by atoms with E-state index in [9.17, 15) is 19.2 Å². The molecule has 4 saturated carbocycles. The Morgan fingerprint density at radius 1 is 0.287 bits per heavy atom. The molecule has 4 aliphatic carbocycles. The van der Waals surface area contributed by atoms with Crippen LogP contribution in [0.4, 0.5) is 0 Å². The number of carbonyl (C=O) groups excluding carboxylic acids is 4. The Morgan fingerprint density at radius 2 is 0.500 bits per heavy atom. The molecule has 11 rings (SSSR count). The second-order valence-electron chi connectivity index (χ2n) is 25.0. The first-order chi connectivity index (χ1) is 39.3. The molecule has 0 unspecified atom stereocenters. The molecule has 12 bridgehead atoms. The van der Waals surface area contributed by atoms with E-state index in [1.54, 1.807) is 0 Å². The van der Waals surface area contributed by atoms with Crippen LogP contribution in [0.15, 0.2) is 24.3 Å². The number of ether oxygens (including phenoxy) is 4. The van der Waals surface area contributed by atoms with Gasteiger partial charge < -0.3 is 28.9 Å². The number of nitrogens with one attached hydrogen (secondary N) is 2. The molecule has 0 amide bonds. The van der Waals surface area contributed by atoms with Crippen LogP contribution in [-0.4, -0.2) is 68.2 Å². The van der Waals surface area contributed by atoms with Gasteiger partial charge in [0.2, 0.25) is 0 Å². The van der Waals surface area contributed by atoms with E-state index in [0.717, 1.165) is 273 Å². The number of fused-ring (bicyclic) bond motifs is 16. The molecular weight excluding hydrogens is 1000 g/mol. The van der Waals surface area contributed by atoms with Gasteiger partial charge in [0.1, 0.15) is 24.4 Å². The molecule has 8 aliphatic rings. The van der Waals surface area contributed by atoms with E-state index in [0.29, 0.717) is 25.7 Å². The number of hydrogen-bond donors (Lipinski definition) is 2. The van der Waals surface area contributed by atoms with Crippen molar-refractivity contribution >= 4 is 70.2 Å². The molecule has 3 aromatic heterocycles. The monoisotopic (exact) mass is 1090 g/mol. The summed E-state index contributed by atoms with van der Waals surface area (Å²) in [6.07, 6.45) is 39.7.